The first-order valence-corrected chi connectivity index (χ1v) is 9.58. The molecule has 0 saturated heterocycles. The number of ether oxygens (including phenoxy) is 2. The van der Waals surface area contributed by atoms with E-state index in [2.05, 4.69) is 15.2 Å². The highest BCUT2D eigenvalue weighted by Crippen LogP contribution is 2.39. The van der Waals surface area contributed by atoms with Gasteiger partial charge in [-0.3, -0.25) is 9.48 Å². The van der Waals surface area contributed by atoms with Crippen molar-refractivity contribution in [3.05, 3.63) is 70.5 Å². The molecule has 9 heteroatoms. The van der Waals surface area contributed by atoms with Gasteiger partial charge >= 0.3 is 0 Å². The number of rotatable bonds is 4. The Hall–Kier alpha value is -3.88. The van der Waals surface area contributed by atoms with Gasteiger partial charge in [0.05, 0.1) is 31.4 Å². The number of pyridine rings is 1. The molecule has 1 aliphatic rings. The number of methoxy groups -OCH3 is 1. The maximum atomic E-state index is 12.3. The van der Waals surface area contributed by atoms with Gasteiger partial charge in [-0.05, 0) is 30.2 Å². The molecule has 0 amide bonds. The van der Waals surface area contributed by atoms with E-state index in [9.17, 15) is 4.79 Å². The lowest BCUT2D eigenvalue weighted by molar-refractivity contribution is 0.242. The quantitative estimate of drug-likeness (QED) is 0.559. The highest BCUT2D eigenvalue weighted by molar-refractivity contribution is 5.54. The van der Waals surface area contributed by atoms with Crippen LogP contribution in [0.5, 0.6) is 11.5 Å². The summed E-state index contributed by atoms with van der Waals surface area (Å²) in [5.74, 6) is 3.27. The van der Waals surface area contributed by atoms with Crippen LogP contribution in [-0.2, 0) is 13.5 Å². The summed E-state index contributed by atoms with van der Waals surface area (Å²) in [7, 11) is 3.47. The van der Waals surface area contributed by atoms with Gasteiger partial charge in [0.25, 0.3) is 5.56 Å². The van der Waals surface area contributed by atoms with E-state index in [1.165, 1.54) is 0 Å². The van der Waals surface area contributed by atoms with Crippen LogP contribution < -0.4 is 15.0 Å². The van der Waals surface area contributed by atoms with E-state index in [-0.39, 0.29) is 11.5 Å². The van der Waals surface area contributed by atoms with Crippen molar-refractivity contribution in [2.45, 2.75) is 12.3 Å². The molecular formula is C21H20N6O3. The van der Waals surface area contributed by atoms with Crippen LogP contribution in [0.4, 0.5) is 0 Å². The number of benzene rings is 1. The number of hydrogen-bond acceptors (Lipinski definition) is 6. The van der Waals surface area contributed by atoms with Crippen LogP contribution in [0.15, 0.2) is 53.6 Å². The Bertz CT molecular complexity index is 1270. The number of aromatic amines is 1. The van der Waals surface area contributed by atoms with E-state index in [0.29, 0.717) is 30.2 Å². The van der Waals surface area contributed by atoms with Crippen LogP contribution in [0.1, 0.15) is 17.3 Å². The van der Waals surface area contributed by atoms with Crippen molar-refractivity contribution >= 4 is 0 Å². The minimum Gasteiger partial charge on any atom is -0.493 e. The molecule has 4 heterocycles. The number of nitrogens with zero attached hydrogens (tertiary/aromatic N) is 5. The largest absolute Gasteiger partial charge is 0.493 e. The molecular weight excluding hydrogens is 384 g/mol. The average Bonchev–Trinajstić information content (AvgIpc) is 3.39. The fourth-order valence-corrected chi connectivity index (χ4v) is 3.76. The SMILES string of the molecule is COc1cccc2c1OCC(c1nc(-c3ccc[nH]c3=O)nn1-c1ccnn1C)C2. The van der Waals surface area contributed by atoms with Gasteiger partial charge in [-0.15, -0.1) is 5.10 Å². The molecule has 3 aromatic heterocycles. The Morgan fingerprint density at radius 2 is 2.13 bits per heavy atom. The fraction of sp³-hybridized carbons (Fsp3) is 0.238. The maximum Gasteiger partial charge on any atom is 0.259 e. The Balaban J connectivity index is 1.62. The molecule has 0 fully saturated rings. The van der Waals surface area contributed by atoms with Crippen LogP contribution in [0.3, 0.4) is 0 Å². The van der Waals surface area contributed by atoms with Gasteiger partial charge in [0.15, 0.2) is 23.1 Å². The van der Waals surface area contributed by atoms with Crippen LogP contribution in [0.2, 0.25) is 0 Å². The molecule has 1 aliphatic heterocycles. The number of fused-ring (bicyclic) bond motifs is 1. The number of H-pyrrole nitrogens is 1. The molecule has 5 rings (SSSR count). The summed E-state index contributed by atoms with van der Waals surface area (Å²) in [6, 6.07) is 11.2. The Morgan fingerprint density at radius 1 is 1.23 bits per heavy atom. The van der Waals surface area contributed by atoms with E-state index in [4.69, 9.17) is 14.5 Å². The molecule has 4 aromatic rings. The molecule has 0 aliphatic carbocycles. The zero-order valence-corrected chi connectivity index (χ0v) is 16.6. The summed E-state index contributed by atoms with van der Waals surface area (Å²) in [4.78, 5) is 19.7. The summed E-state index contributed by atoms with van der Waals surface area (Å²) in [5, 5.41) is 8.90. The summed E-state index contributed by atoms with van der Waals surface area (Å²) in [6.45, 7) is 0.425. The normalized spacial score (nSPS) is 15.5. The van der Waals surface area contributed by atoms with Crippen molar-refractivity contribution < 1.29 is 9.47 Å². The van der Waals surface area contributed by atoms with Crippen molar-refractivity contribution in [2.24, 2.45) is 7.05 Å². The average molecular weight is 404 g/mol. The lowest BCUT2D eigenvalue weighted by atomic mass is 9.95. The third-order valence-electron chi connectivity index (χ3n) is 5.24. The number of nitrogens with one attached hydrogen (secondary N) is 1. The summed E-state index contributed by atoms with van der Waals surface area (Å²) in [6.07, 6.45) is 4.01. The first-order chi connectivity index (χ1) is 14.7. The van der Waals surface area contributed by atoms with Crippen molar-refractivity contribution in [3.63, 3.8) is 0 Å². The number of aryl methyl sites for hydroxylation is 1. The molecule has 30 heavy (non-hydrogen) atoms. The first kappa shape index (κ1) is 18.2. The van der Waals surface area contributed by atoms with E-state index in [1.807, 2.05) is 31.3 Å². The lowest BCUT2D eigenvalue weighted by Crippen LogP contribution is -2.23. The molecule has 0 spiro atoms. The van der Waals surface area contributed by atoms with Gasteiger partial charge in [0, 0.05) is 19.3 Å². The van der Waals surface area contributed by atoms with Crippen LogP contribution in [0.25, 0.3) is 17.2 Å². The lowest BCUT2D eigenvalue weighted by Gasteiger charge is -2.26. The fourth-order valence-electron chi connectivity index (χ4n) is 3.76. The third-order valence-corrected chi connectivity index (χ3v) is 5.24. The van der Waals surface area contributed by atoms with E-state index >= 15 is 0 Å². The summed E-state index contributed by atoms with van der Waals surface area (Å²) < 4.78 is 14.9. The maximum absolute atomic E-state index is 12.3. The Kier molecular flexibility index (Phi) is 4.35. The van der Waals surface area contributed by atoms with Gasteiger partial charge in [-0.2, -0.15) is 9.78 Å². The second-order valence-corrected chi connectivity index (χ2v) is 7.09. The zero-order chi connectivity index (χ0) is 20.7. The van der Waals surface area contributed by atoms with Crippen LogP contribution >= 0.6 is 0 Å². The highest BCUT2D eigenvalue weighted by Gasteiger charge is 2.30. The molecule has 1 aromatic carbocycles. The van der Waals surface area contributed by atoms with Gasteiger partial charge in [0.2, 0.25) is 0 Å². The standard InChI is InChI=1S/C21H20N6O3/c1-26-17(8-10-23-26)27-20(24-19(25-27)15-6-4-9-22-21(15)28)14-11-13-5-3-7-16(29-2)18(13)30-12-14/h3-10,14H,11-12H2,1-2H3,(H,22,28). The molecule has 152 valence electrons. The van der Waals surface area contributed by atoms with Gasteiger partial charge in [-0.25, -0.2) is 4.98 Å². The topological polar surface area (TPSA) is 99.8 Å². The molecule has 1 N–H and O–H groups in total. The van der Waals surface area contributed by atoms with Gasteiger partial charge in [0.1, 0.15) is 5.82 Å². The van der Waals surface area contributed by atoms with Crippen molar-refractivity contribution in [1.29, 1.82) is 0 Å². The third kappa shape index (κ3) is 2.95. The number of aromatic nitrogens is 6. The number of para-hydroxylation sites is 1. The zero-order valence-electron chi connectivity index (χ0n) is 16.6. The predicted molar refractivity (Wildman–Crippen MR) is 109 cm³/mol. The van der Waals surface area contributed by atoms with Gasteiger partial charge < -0.3 is 14.5 Å². The second-order valence-electron chi connectivity index (χ2n) is 7.09. The molecule has 0 saturated carbocycles. The highest BCUT2D eigenvalue weighted by atomic mass is 16.5. The first-order valence-electron chi connectivity index (χ1n) is 9.58. The molecule has 1 unspecified atom stereocenters. The molecule has 0 bridgehead atoms. The van der Waals surface area contributed by atoms with Crippen molar-refractivity contribution in [2.75, 3.05) is 13.7 Å². The summed E-state index contributed by atoms with van der Waals surface area (Å²) >= 11 is 0. The minimum atomic E-state index is -0.235. The minimum absolute atomic E-state index is 0.0523. The van der Waals surface area contributed by atoms with E-state index in [1.54, 1.807) is 41.0 Å². The summed E-state index contributed by atoms with van der Waals surface area (Å²) in [5.41, 5.74) is 1.23. The van der Waals surface area contributed by atoms with Crippen molar-refractivity contribution in [3.8, 4) is 28.7 Å². The molecule has 9 nitrogen and oxygen atoms in total. The van der Waals surface area contributed by atoms with Gasteiger partial charge in [-0.1, -0.05) is 12.1 Å². The monoisotopic (exact) mass is 404 g/mol. The number of hydrogen-bond donors (Lipinski definition) is 1. The van der Waals surface area contributed by atoms with E-state index in [0.717, 1.165) is 22.9 Å². The molecule has 1 atom stereocenters. The second kappa shape index (κ2) is 7.18. The Morgan fingerprint density at radius 3 is 2.90 bits per heavy atom. The molecule has 0 radical (unpaired) electrons. The Labute approximate surface area is 171 Å². The van der Waals surface area contributed by atoms with Crippen LogP contribution in [-0.4, -0.2) is 43.2 Å². The van der Waals surface area contributed by atoms with Crippen molar-refractivity contribution in [1.82, 2.24) is 29.5 Å². The van der Waals surface area contributed by atoms with E-state index < -0.39 is 0 Å². The smallest absolute Gasteiger partial charge is 0.259 e. The van der Waals surface area contributed by atoms with Crippen LogP contribution in [0, 0.1) is 0 Å². The predicted octanol–water partition coefficient (Wildman–Crippen LogP) is 2.08.